The Morgan fingerprint density at radius 3 is 2.80 bits per heavy atom. The Morgan fingerprint density at radius 2 is 2.20 bits per heavy atom. The quantitative estimate of drug-likeness (QED) is 0.839. The largest absolute Gasteiger partial charge is 0.393 e. The van der Waals surface area contributed by atoms with Crippen LogP contribution in [0.3, 0.4) is 0 Å². The van der Waals surface area contributed by atoms with E-state index >= 15 is 0 Å². The van der Waals surface area contributed by atoms with Gasteiger partial charge in [-0.25, -0.2) is 4.39 Å². The van der Waals surface area contributed by atoms with Crippen molar-refractivity contribution in [1.29, 1.82) is 0 Å². The minimum absolute atomic E-state index is 0.154. The van der Waals surface area contributed by atoms with Gasteiger partial charge in [0.1, 0.15) is 5.82 Å². The number of benzene rings is 1. The van der Waals surface area contributed by atoms with Gasteiger partial charge in [0.2, 0.25) is 0 Å². The Hall–Kier alpha value is -0.600. The molecule has 0 bridgehead atoms. The first-order chi connectivity index (χ1) is 7.16. The molecule has 15 heavy (non-hydrogen) atoms. The minimum Gasteiger partial charge on any atom is -0.393 e. The summed E-state index contributed by atoms with van der Waals surface area (Å²) in [6.07, 6.45) is 3.48. The molecule has 0 amide bonds. The maximum atomic E-state index is 13.1. The Kier molecular flexibility index (Phi) is 3.27. The van der Waals surface area contributed by atoms with Crippen molar-refractivity contribution in [2.45, 2.75) is 31.8 Å². The van der Waals surface area contributed by atoms with E-state index in [9.17, 15) is 9.50 Å². The van der Waals surface area contributed by atoms with Gasteiger partial charge in [0.05, 0.1) is 11.1 Å². The number of hydrogen-bond acceptors (Lipinski definition) is 1. The molecule has 1 aliphatic rings. The van der Waals surface area contributed by atoms with Gasteiger partial charge < -0.3 is 5.11 Å². The van der Waals surface area contributed by atoms with Gasteiger partial charge in [-0.05, 0) is 49.3 Å². The summed E-state index contributed by atoms with van der Waals surface area (Å²) >= 11 is 5.58. The maximum absolute atomic E-state index is 13.1. The van der Waals surface area contributed by atoms with E-state index in [1.807, 2.05) is 6.07 Å². The van der Waals surface area contributed by atoms with Gasteiger partial charge in [0, 0.05) is 0 Å². The zero-order valence-electron chi connectivity index (χ0n) is 8.42. The second-order valence-electron chi connectivity index (χ2n) is 4.19. The van der Waals surface area contributed by atoms with Crippen LogP contribution in [0.25, 0.3) is 0 Å². The Bertz CT molecular complexity index is 349. The van der Waals surface area contributed by atoms with Gasteiger partial charge >= 0.3 is 0 Å². The number of hydrogen-bond donors (Lipinski definition) is 1. The topological polar surface area (TPSA) is 20.2 Å². The lowest BCUT2D eigenvalue weighted by molar-refractivity contribution is 0.142. The van der Waals surface area contributed by atoms with Crippen molar-refractivity contribution in [1.82, 2.24) is 0 Å². The van der Waals surface area contributed by atoms with E-state index in [1.165, 1.54) is 6.07 Å². The zero-order valence-corrected chi connectivity index (χ0v) is 9.17. The summed E-state index contributed by atoms with van der Waals surface area (Å²) in [6, 6.07) is 4.82. The lowest BCUT2D eigenvalue weighted by Crippen LogP contribution is -2.10. The molecule has 82 valence electrons. The van der Waals surface area contributed by atoms with Crippen molar-refractivity contribution in [2.24, 2.45) is 5.92 Å². The van der Waals surface area contributed by atoms with Crippen molar-refractivity contribution in [3.63, 3.8) is 0 Å². The molecule has 1 aromatic carbocycles. The van der Waals surface area contributed by atoms with E-state index in [-0.39, 0.29) is 16.9 Å². The van der Waals surface area contributed by atoms with Crippen LogP contribution in [0.5, 0.6) is 0 Å². The molecule has 1 unspecified atom stereocenters. The van der Waals surface area contributed by atoms with Crippen LogP contribution in [0.1, 0.15) is 24.8 Å². The molecule has 1 N–H and O–H groups in total. The van der Waals surface area contributed by atoms with E-state index in [2.05, 4.69) is 0 Å². The molecule has 1 fully saturated rings. The van der Waals surface area contributed by atoms with Crippen molar-refractivity contribution >= 4 is 11.6 Å². The normalized spacial score (nSPS) is 17.8. The summed E-state index contributed by atoms with van der Waals surface area (Å²) in [4.78, 5) is 0. The van der Waals surface area contributed by atoms with Crippen LogP contribution in [-0.4, -0.2) is 11.2 Å². The molecule has 1 aliphatic carbocycles. The highest BCUT2D eigenvalue weighted by Crippen LogP contribution is 2.34. The third-order valence-electron chi connectivity index (χ3n) is 2.88. The van der Waals surface area contributed by atoms with Gasteiger partial charge in [0.15, 0.2) is 0 Å². The SMILES string of the molecule is OC(CCc1ccc(Cl)c(F)c1)C1CC1. The molecule has 0 heterocycles. The number of aliphatic hydroxyl groups is 1. The molecule has 2 rings (SSSR count). The molecule has 0 aliphatic heterocycles. The van der Waals surface area contributed by atoms with Gasteiger partial charge in [-0.2, -0.15) is 0 Å². The lowest BCUT2D eigenvalue weighted by atomic mass is 10.0. The number of halogens is 2. The Balaban J connectivity index is 1.89. The van der Waals surface area contributed by atoms with Gasteiger partial charge in [0.25, 0.3) is 0 Å². The second kappa shape index (κ2) is 4.50. The molecular weight excluding hydrogens is 215 g/mol. The number of aliphatic hydroxyl groups excluding tert-OH is 1. The van der Waals surface area contributed by atoms with Crippen molar-refractivity contribution in [2.75, 3.05) is 0 Å². The third-order valence-corrected chi connectivity index (χ3v) is 3.19. The van der Waals surface area contributed by atoms with Gasteiger partial charge in [-0.1, -0.05) is 17.7 Å². The molecule has 0 radical (unpaired) electrons. The first-order valence-corrected chi connectivity index (χ1v) is 5.66. The molecule has 1 nitrogen and oxygen atoms in total. The minimum atomic E-state index is -0.380. The fraction of sp³-hybridized carbons (Fsp3) is 0.500. The summed E-state index contributed by atoms with van der Waals surface area (Å²) in [6.45, 7) is 0. The van der Waals surface area contributed by atoms with Crippen molar-refractivity contribution in [3.8, 4) is 0 Å². The van der Waals surface area contributed by atoms with Crippen LogP contribution in [-0.2, 0) is 6.42 Å². The average Bonchev–Trinajstić information content (AvgIpc) is 3.03. The predicted molar refractivity (Wildman–Crippen MR) is 58.5 cm³/mol. The number of aryl methyl sites for hydroxylation is 1. The van der Waals surface area contributed by atoms with Crippen LogP contribution in [0, 0.1) is 11.7 Å². The summed E-state index contributed by atoms with van der Waals surface area (Å²) in [5, 5.41) is 9.81. The highest BCUT2D eigenvalue weighted by Gasteiger charge is 2.29. The highest BCUT2D eigenvalue weighted by molar-refractivity contribution is 6.30. The molecular formula is C12H14ClFO. The van der Waals surface area contributed by atoms with E-state index in [0.717, 1.165) is 18.4 Å². The maximum Gasteiger partial charge on any atom is 0.142 e. The molecule has 3 heteroatoms. The van der Waals surface area contributed by atoms with Crippen LogP contribution < -0.4 is 0 Å². The highest BCUT2D eigenvalue weighted by atomic mass is 35.5. The Morgan fingerprint density at radius 1 is 1.47 bits per heavy atom. The summed E-state index contributed by atoms with van der Waals surface area (Å²) in [5.41, 5.74) is 0.900. The molecule has 0 aromatic heterocycles. The fourth-order valence-corrected chi connectivity index (χ4v) is 1.84. The fourth-order valence-electron chi connectivity index (χ4n) is 1.73. The van der Waals surface area contributed by atoms with E-state index < -0.39 is 0 Å². The first kappa shape index (κ1) is 10.9. The van der Waals surface area contributed by atoms with E-state index in [1.54, 1.807) is 6.07 Å². The van der Waals surface area contributed by atoms with Gasteiger partial charge in [-0.15, -0.1) is 0 Å². The third kappa shape index (κ3) is 2.93. The first-order valence-electron chi connectivity index (χ1n) is 5.29. The van der Waals surface area contributed by atoms with Crippen LogP contribution in [0.4, 0.5) is 4.39 Å². The van der Waals surface area contributed by atoms with E-state index in [4.69, 9.17) is 11.6 Å². The van der Waals surface area contributed by atoms with Crippen LogP contribution >= 0.6 is 11.6 Å². The molecule has 1 aromatic rings. The Labute approximate surface area is 93.9 Å². The summed E-state index contributed by atoms with van der Waals surface area (Å²) in [7, 11) is 0. The monoisotopic (exact) mass is 228 g/mol. The molecule has 0 saturated heterocycles. The van der Waals surface area contributed by atoms with E-state index in [0.29, 0.717) is 18.8 Å². The standard InChI is InChI=1S/C12H14ClFO/c13-10-5-1-8(7-11(10)14)2-6-12(15)9-3-4-9/h1,5,7,9,12,15H,2-4,6H2. The second-order valence-corrected chi connectivity index (χ2v) is 4.60. The van der Waals surface area contributed by atoms with Crippen molar-refractivity contribution in [3.05, 3.63) is 34.6 Å². The van der Waals surface area contributed by atoms with Crippen LogP contribution in [0.2, 0.25) is 5.02 Å². The molecule has 0 spiro atoms. The summed E-state index contributed by atoms with van der Waals surface area (Å²) in [5.74, 6) is 0.109. The zero-order chi connectivity index (χ0) is 10.8. The van der Waals surface area contributed by atoms with Crippen molar-refractivity contribution < 1.29 is 9.50 Å². The smallest absolute Gasteiger partial charge is 0.142 e. The predicted octanol–water partition coefficient (Wildman–Crippen LogP) is 3.18. The molecule has 1 saturated carbocycles. The average molecular weight is 229 g/mol. The summed E-state index contributed by atoms with van der Waals surface area (Å²) < 4.78 is 13.1. The lowest BCUT2D eigenvalue weighted by Gasteiger charge is -2.08. The van der Waals surface area contributed by atoms with Crippen LogP contribution in [0.15, 0.2) is 18.2 Å². The van der Waals surface area contributed by atoms with Gasteiger partial charge in [-0.3, -0.25) is 0 Å². The number of rotatable bonds is 4. The molecule has 1 atom stereocenters.